The lowest BCUT2D eigenvalue weighted by molar-refractivity contribution is 0.516. The van der Waals surface area contributed by atoms with Crippen molar-refractivity contribution in [3.63, 3.8) is 0 Å². The Labute approximate surface area is 127 Å². The number of aromatic nitrogens is 1. The number of nitrogens with two attached hydrogens (primary N) is 1. The van der Waals surface area contributed by atoms with Gasteiger partial charge in [0.1, 0.15) is 0 Å². The fraction of sp³-hybridized carbons (Fsp3) is 0.389. The van der Waals surface area contributed by atoms with Crippen LogP contribution in [0.5, 0.6) is 0 Å². The smallest absolute Gasteiger partial charge is 0.0419 e. The molecule has 21 heavy (non-hydrogen) atoms. The van der Waals surface area contributed by atoms with Gasteiger partial charge in [-0.1, -0.05) is 36.8 Å². The average molecular weight is 283 g/mol. The maximum Gasteiger partial charge on any atom is 0.0419 e. The van der Waals surface area contributed by atoms with Crippen LogP contribution in [0, 0.1) is 13.8 Å². The molecule has 0 fully saturated rings. The van der Waals surface area contributed by atoms with Crippen LogP contribution in [-0.2, 0) is 19.3 Å². The molecule has 0 spiro atoms. The fourth-order valence-electron chi connectivity index (χ4n) is 2.51. The van der Waals surface area contributed by atoms with Gasteiger partial charge in [0.2, 0.25) is 0 Å². The third-order valence-electron chi connectivity index (χ3n) is 3.96. The number of hydrogen-bond donors (Lipinski definition) is 2. The summed E-state index contributed by atoms with van der Waals surface area (Å²) in [7, 11) is 0. The van der Waals surface area contributed by atoms with Gasteiger partial charge < -0.3 is 0 Å². The van der Waals surface area contributed by atoms with E-state index in [0.29, 0.717) is 0 Å². The molecule has 1 atom stereocenters. The predicted molar refractivity (Wildman–Crippen MR) is 88.1 cm³/mol. The first-order valence-electron chi connectivity index (χ1n) is 7.58. The highest BCUT2D eigenvalue weighted by molar-refractivity contribution is 5.31. The number of pyridine rings is 1. The fourth-order valence-corrected chi connectivity index (χ4v) is 2.51. The van der Waals surface area contributed by atoms with E-state index in [2.05, 4.69) is 61.5 Å². The summed E-state index contributed by atoms with van der Waals surface area (Å²) >= 11 is 0. The summed E-state index contributed by atoms with van der Waals surface area (Å²) in [6, 6.07) is 11.0. The molecule has 1 heterocycles. The summed E-state index contributed by atoms with van der Waals surface area (Å²) in [6.07, 6.45) is 4.74. The number of nitrogens with one attached hydrogen (secondary N) is 1. The zero-order chi connectivity index (χ0) is 15.2. The molecule has 0 amide bonds. The number of hydrazine groups is 1. The highest BCUT2D eigenvalue weighted by atomic mass is 15.2. The molecule has 2 rings (SSSR count). The molecule has 1 aromatic carbocycles. The van der Waals surface area contributed by atoms with Crippen molar-refractivity contribution in [3.05, 3.63) is 64.5 Å². The Morgan fingerprint density at radius 1 is 1.14 bits per heavy atom. The van der Waals surface area contributed by atoms with Gasteiger partial charge in [0, 0.05) is 24.4 Å². The SMILES string of the molecule is CCc1ccc(CC(Cc2cc(C)ccc2C)NN)nc1. The number of hydrogen-bond acceptors (Lipinski definition) is 3. The van der Waals surface area contributed by atoms with Gasteiger partial charge in [-0.2, -0.15) is 0 Å². The predicted octanol–water partition coefficient (Wildman–Crippen LogP) is 2.88. The van der Waals surface area contributed by atoms with Gasteiger partial charge >= 0.3 is 0 Å². The number of aryl methyl sites for hydroxylation is 3. The van der Waals surface area contributed by atoms with E-state index in [1.54, 1.807) is 0 Å². The molecule has 3 heteroatoms. The summed E-state index contributed by atoms with van der Waals surface area (Å²) < 4.78 is 0. The Morgan fingerprint density at radius 3 is 2.57 bits per heavy atom. The van der Waals surface area contributed by atoms with Crippen molar-refractivity contribution in [2.24, 2.45) is 5.84 Å². The molecule has 112 valence electrons. The molecule has 0 bridgehead atoms. The summed E-state index contributed by atoms with van der Waals surface area (Å²) in [4.78, 5) is 4.52. The normalized spacial score (nSPS) is 12.4. The van der Waals surface area contributed by atoms with Gasteiger partial charge in [0.05, 0.1) is 0 Å². The van der Waals surface area contributed by atoms with Crippen LogP contribution in [0.2, 0.25) is 0 Å². The molecule has 0 aliphatic rings. The molecule has 1 unspecified atom stereocenters. The van der Waals surface area contributed by atoms with E-state index in [9.17, 15) is 0 Å². The molecule has 1 aromatic heterocycles. The van der Waals surface area contributed by atoms with E-state index in [-0.39, 0.29) is 6.04 Å². The van der Waals surface area contributed by atoms with E-state index >= 15 is 0 Å². The van der Waals surface area contributed by atoms with Gasteiger partial charge in [-0.3, -0.25) is 16.3 Å². The second-order valence-electron chi connectivity index (χ2n) is 5.71. The molecule has 0 aliphatic carbocycles. The lowest BCUT2D eigenvalue weighted by Crippen LogP contribution is -2.38. The Morgan fingerprint density at radius 2 is 1.95 bits per heavy atom. The zero-order valence-electron chi connectivity index (χ0n) is 13.2. The van der Waals surface area contributed by atoms with Crippen LogP contribution in [0.1, 0.15) is 34.9 Å². The lowest BCUT2D eigenvalue weighted by atomic mass is 9.97. The first kappa shape index (κ1) is 15.7. The van der Waals surface area contributed by atoms with E-state index < -0.39 is 0 Å². The molecular formula is C18H25N3. The van der Waals surface area contributed by atoms with Crippen LogP contribution in [0.3, 0.4) is 0 Å². The van der Waals surface area contributed by atoms with Gasteiger partial charge in [-0.25, -0.2) is 0 Å². The highest BCUT2D eigenvalue weighted by Crippen LogP contribution is 2.14. The van der Waals surface area contributed by atoms with Crippen molar-refractivity contribution in [2.75, 3.05) is 0 Å². The number of nitrogens with zero attached hydrogens (tertiary/aromatic N) is 1. The molecule has 3 N–H and O–H groups in total. The topological polar surface area (TPSA) is 50.9 Å². The molecule has 3 nitrogen and oxygen atoms in total. The van der Waals surface area contributed by atoms with Crippen molar-refractivity contribution in [2.45, 2.75) is 46.1 Å². The molecule has 2 aromatic rings. The quantitative estimate of drug-likeness (QED) is 0.633. The number of benzene rings is 1. The van der Waals surface area contributed by atoms with Crippen LogP contribution in [0.15, 0.2) is 36.5 Å². The molecule has 0 radical (unpaired) electrons. The second kappa shape index (κ2) is 7.34. The first-order valence-corrected chi connectivity index (χ1v) is 7.58. The summed E-state index contributed by atoms with van der Waals surface area (Å²) in [6.45, 7) is 6.41. The van der Waals surface area contributed by atoms with Crippen molar-refractivity contribution in [1.29, 1.82) is 0 Å². The monoisotopic (exact) mass is 283 g/mol. The van der Waals surface area contributed by atoms with Crippen LogP contribution in [0.25, 0.3) is 0 Å². The van der Waals surface area contributed by atoms with Crippen LogP contribution < -0.4 is 11.3 Å². The third-order valence-corrected chi connectivity index (χ3v) is 3.96. The first-order chi connectivity index (χ1) is 10.1. The van der Waals surface area contributed by atoms with Crippen LogP contribution in [0.4, 0.5) is 0 Å². The van der Waals surface area contributed by atoms with Crippen molar-refractivity contribution < 1.29 is 0 Å². The Kier molecular flexibility index (Phi) is 5.48. The maximum absolute atomic E-state index is 5.73. The summed E-state index contributed by atoms with van der Waals surface area (Å²) in [5.74, 6) is 5.73. The molecular weight excluding hydrogens is 258 g/mol. The lowest BCUT2D eigenvalue weighted by Gasteiger charge is -2.17. The Balaban J connectivity index is 2.07. The third kappa shape index (κ3) is 4.38. The largest absolute Gasteiger partial charge is 0.271 e. The Hall–Kier alpha value is -1.71. The van der Waals surface area contributed by atoms with Gasteiger partial charge in [-0.05, 0) is 49.4 Å². The Bertz CT molecular complexity index is 576. The van der Waals surface area contributed by atoms with E-state index in [4.69, 9.17) is 5.84 Å². The van der Waals surface area contributed by atoms with E-state index in [0.717, 1.165) is 25.0 Å². The van der Waals surface area contributed by atoms with Crippen molar-refractivity contribution in [1.82, 2.24) is 10.4 Å². The van der Waals surface area contributed by atoms with Crippen LogP contribution >= 0.6 is 0 Å². The number of rotatable bonds is 6. The maximum atomic E-state index is 5.73. The minimum atomic E-state index is 0.200. The highest BCUT2D eigenvalue weighted by Gasteiger charge is 2.11. The van der Waals surface area contributed by atoms with Gasteiger partial charge in [-0.15, -0.1) is 0 Å². The van der Waals surface area contributed by atoms with Crippen molar-refractivity contribution in [3.8, 4) is 0 Å². The minimum Gasteiger partial charge on any atom is -0.271 e. The molecule has 0 saturated heterocycles. The zero-order valence-corrected chi connectivity index (χ0v) is 13.2. The van der Waals surface area contributed by atoms with E-state index in [1.165, 1.54) is 22.3 Å². The average Bonchev–Trinajstić information content (AvgIpc) is 2.51. The van der Waals surface area contributed by atoms with Gasteiger partial charge in [0.25, 0.3) is 0 Å². The van der Waals surface area contributed by atoms with E-state index in [1.807, 2.05) is 6.20 Å². The molecule has 0 aliphatic heterocycles. The minimum absolute atomic E-state index is 0.200. The van der Waals surface area contributed by atoms with Crippen molar-refractivity contribution >= 4 is 0 Å². The summed E-state index contributed by atoms with van der Waals surface area (Å²) in [5.41, 5.74) is 9.24. The summed E-state index contributed by atoms with van der Waals surface area (Å²) in [5, 5.41) is 0. The standard InChI is InChI=1S/C18H25N3/c1-4-15-7-8-17(20-12-15)11-18(21-19)10-16-9-13(2)5-6-14(16)3/h5-9,12,18,21H,4,10-11,19H2,1-3H3. The van der Waals surface area contributed by atoms with Crippen LogP contribution in [-0.4, -0.2) is 11.0 Å². The van der Waals surface area contributed by atoms with Gasteiger partial charge in [0.15, 0.2) is 0 Å². The molecule has 0 saturated carbocycles. The second-order valence-corrected chi connectivity index (χ2v) is 5.71.